The molecule has 1 aliphatic rings. The van der Waals surface area contributed by atoms with Crippen molar-refractivity contribution in [2.24, 2.45) is 0 Å². The van der Waals surface area contributed by atoms with Gasteiger partial charge in [0.25, 0.3) is 0 Å². The summed E-state index contributed by atoms with van der Waals surface area (Å²) in [6.07, 6.45) is 0.367. The summed E-state index contributed by atoms with van der Waals surface area (Å²) < 4.78 is 36.3. The zero-order valence-corrected chi connectivity index (χ0v) is 12.3. The number of nitrogens with zero attached hydrogens (tertiary/aromatic N) is 1. The van der Waals surface area contributed by atoms with Crippen LogP contribution in [0.15, 0.2) is 18.2 Å². The fourth-order valence-corrected chi connectivity index (χ4v) is 2.25. The summed E-state index contributed by atoms with van der Waals surface area (Å²) in [5, 5.41) is 9.06. The lowest BCUT2D eigenvalue weighted by atomic mass is 10.2. The van der Waals surface area contributed by atoms with Crippen molar-refractivity contribution < 1.29 is 33.0 Å². The minimum Gasteiger partial charge on any atom is -0.491 e. The van der Waals surface area contributed by atoms with E-state index in [1.54, 1.807) is 0 Å². The van der Waals surface area contributed by atoms with Crippen molar-refractivity contribution in [3.8, 4) is 5.75 Å². The minimum atomic E-state index is -1.11. The van der Waals surface area contributed by atoms with Crippen molar-refractivity contribution in [2.75, 3.05) is 26.4 Å². The zero-order valence-electron chi connectivity index (χ0n) is 12.3. The number of carboxylic acid groups (broad SMARTS) is 1. The Morgan fingerprint density at radius 2 is 2.17 bits per heavy atom. The molecule has 1 aliphatic heterocycles. The smallest absolute Gasteiger partial charge is 0.328 e. The molecule has 1 heterocycles. The molecule has 126 valence electrons. The highest BCUT2D eigenvalue weighted by atomic mass is 19.1. The SMILES string of the molecule is O=C(O)[C@H]1COCCN1C(=O)CCCOc1ccc(F)cc1F. The van der Waals surface area contributed by atoms with Crippen LogP contribution in [-0.2, 0) is 14.3 Å². The van der Waals surface area contributed by atoms with E-state index in [9.17, 15) is 18.4 Å². The number of amides is 1. The third kappa shape index (κ3) is 4.62. The number of hydrogen-bond acceptors (Lipinski definition) is 4. The van der Waals surface area contributed by atoms with E-state index >= 15 is 0 Å². The van der Waals surface area contributed by atoms with Gasteiger partial charge in [-0.1, -0.05) is 0 Å². The third-order valence-electron chi connectivity index (χ3n) is 3.42. The number of rotatable bonds is 6. The highest BCUT2D eigenvalue weighted by Crippen LogP contribution is 2.18. The topological polar surface area (TPSA) is 76.1 Å². The molecule has 2 rings (SSSR count). The van der Waals surface area contributed by atoms with Gasteiger partial charge in [0.1, 0.15) is 5.82 Å². The zero-order chi connectivity index (χ0) is 16.8. The predicted octanol–water partition coefficient (Wildman–Crippen LogP) is 1.44. The van der Waals surface area contributed by atoms with Crippen LogP contribution in [0.25, 0.3) is 0 Å². The summed E-state index contributed by atoms with van der Waals surface area (Å²) in [6.45, 7) is 0.560. The second kappa shape index (κ2) is 7.87. The largest absolute Gasteiger partial charge is 0.491 e. The molecule has 1 atom stereocenters. The van der Waals surface area contributed by atoms with E-state index in [1.165, 1.54) is 11.0 Å². The van der Waals surface area contributed by atoms with Crippen LogP contribution in [0.4, 0.5) is 8.78 Å². The monoisotopic (exact) mass is 329 g/mol. The molecule has 1 fully saturated rings. The Morgan fingerprint density at radius 1 is 1.39 bits per heavy atom. The van der Waals surface area contributed by atoms with Crippen LogP contribution < -0.4 is 4.74 Å². The van der Waals surface area contributed by atoms with Crippen LogP contribution in [0, 0.1) is 11.6 Å². The summed E-state index contributed by atoms with van der Waals surface area (Å²) in [4.78, 5) is 24.4. The van der Waals surface area contributed by atoms with E-state index in [0.717, 1.165) is 6.07 Å². The maximum atomic E-state index is 13.3. The van der Waals surface area contributed by atoms with Crippen molar-refractivity contribution in [1.29, 1.82) is 0 Å². The third-order valence-corrected chi connectivity index (χ3v) is 3.42. The summed E-state index contributed by atoms with van der Waals surface area (Å²) in [5.74, 6) is -3.02. The Hall–Kier alpha value is -2.22. The first-order valence-corrected chi connectivity index (χ1v) is 7.17. The number of morpholine rings is 1. The molecule has 0 spiro atoms. The first-order chi connectivity index (χ1) is 11.0. The molecule has 1 N–H and O–H groups in total. The number of benzene rings is 1. The fraction of sp³-hybridized carbons (Fsp3) is 0.467. The molecule has 23 heavy (non-hydrogen) atoms. The normalized spacial score (nSPS) is 17.8. The van der Waals surface area contributed by atoms with Gasteiger partial charge in [0.2, 0.25) is 5.91 Å². The molecule has 8 heteroatoms. The molecule has 1 saturated heterocycles. The van der Waals surface area contributed by atoms with Gasteiger partial charge in [0.15, 0.2) is 17.6 Å². The summed E-state index contributed by atoms with van der Waals surface area (Å²) in [5.41, 5.74) is 0. The van der Waals surface area contributed by atoms with E-state index in [0.29, 0.717) is 19.1 Å². The molecule has 0 radical (unpaired) electrons. The van der Waals surface area contributed by atoms with Crippen LogP contribution in [0.3, 0.4) is 0 Å². The average Bonchev–Trinajstić information content (AvgIpc) is 2.53. The number of carbonyl (C=O) groups is 2. The molecule has 1 aromatic carbocycles. The van der Waals surface area contributed by atoms with Gasteiger partial charge in [-0.15, -0.1) is 0 Å². The number of halogens is 2. The van der Waals surface area contributed by atoms with Crippen LogP contribution in [0.2, 0.25) is 0 Å². The van der Waals surface area contributed by atoms with E-state index in [-0.39, 0.29) is 37.8 Å². The second-order valence-corrected chi connectivity index (χ2v) is 5.04. The Kier molecular flexibility index (Phi) is 5.86. The van der Waals surface area contributed by atoms with Crippen molar-refractivity contribution in [2.45, 2.75) is 18.9 Å². The van der Waals surface area contributed by atoms with Crippen molar-refractivity contribution in [3.05, 3.63) is 29.8 Å². The number of ether oxygens (including phenoxy) is 2. The standard InChI is InChI=1S/C15H17F2NO5/c16-10-3-4-13(11(17)8-10)23-6-1-2-14(19)18-5-7-22-9-12(18)15(20)21/h3-4,8,12H,1-2,5-7,9H2,(H,20,21)/t12-/m1/s1. The van der Waals surface area contributed by atoms with Gasteiger partial charge in [0, 0.05) is 19.0 Å². The molecule has 0 unspecified atom stereocenters. The summed E-state index contributed by atoms with van der Waals surface area (Å²) in [7, 11) is 0. The average molecular weight is 329 g/mol. The number of aliphatic carboxylic acids is 1. The van der Waals surface area contributed by atoms with Gasteiger partial charge in [-0.25, -0.2) is 13.6 Å². The van der Waals surface area contributed by atoms with Crippen LogP contribution in [-0.4, -0.2) is 54.3 Å². The van der Waals surface area contributed by atoms with Gasteiger partial charge in [-0.2, -0.15) is 0 Å². The molecular formula is C15H17F2NO5. The Morgan fingerprint density at radius 3 is 2.87 bits per heavy atom. The first kappa shape index (κ1) is 17.1. The van der Waals surface area contributed by atoms with Gasteiger partial charge in [0.05, 0.1) is 19.8 Å². The Balaban J connectivity index is 1.79. The molecule has 0 aliphatic carbocycles. The minimum absolute atomic E-state index is 0.0294. The molecule has 6 nitrogen and oxygen atoms in total. The number of hydrogen-bond donors (Lipinski definition) is 1. The maximum Gasteiger partial charge on any atom is 0.328 e. The number of carbonyl (C=O) groups excluding carboxylic acids is 1. The Labute approximate surface area is 131 Å². The molecular weight excluding hydrogens is 312 g/mol. The van der Waals surface area contributed by atoms with Crippen molar-refractivity contribution in [1.82, 2.24) is 4.90 Å². The summed E-state index contributed by atoms with van der Waals surface area (Å²) in [6, 6.07) is 1.99. The van der Waals surface area contributed by atoms with Gasteiger partial charge in [-0.3, -0.25) is 4.79 Å². The van der Waals surface area contributed by atoms with Crippen LogP contribution in [0.5, 0.6) is 5.75 Å². The van der Waals surface area contributed by atoms with E-state index in [4.69, 9.17) is 14.6 Å². The van der Waals surface area contributed by atoms with Gasteiger partial charge < -0.3 is 19.5 Å². The predicted molar refractivity (Wildman–Crippen MR) is 75.0 cm³/mol. The molecule has 0 bridgehead atoms. The molecule has 0 saturated carbocycles. The first-order valence-electron chi connectivity index (χ1n) is 7.17. The molecule has 0 aromatic heterocycles. The molecule has 1 aromatic rings. The number of carboxylic acids is 1. The van der Waals surface area contributed by atoms with Crippen LogP contribution in [0.1, 0.15) is 12.8 Å². The highest BCUT2D eigenvalue weighted by molar-refractivity contribution is 5.83. The second-order valence-electron chi connectivity index (χ2n) is 5.04. The lowest BCUT2D eigenvalue weighted by Gasteiger charge is -2.32. The van der Waals surface area contributed by atoms with Crippen molar-refractivity contribution >= 4 is 11.9 Å². The maximum absolute atomic E-state index is 13.3. The van der Waals surface area contributed by atoms with E-state index in [1.807, 2.05) is 0 Å². The van der Waals surface area contributed by atoms with E-state index < -0.39 is 23.6 Å². The lowest BCUT2D eigenvalue weighted by Crippen LogP contribution is -2.52. The highest BCUT2D eigenvalue weighted by Gasteiger charge is 2.32. The Bertz CT molecular complexity index is 581. The molecule has 1 amide bonds. The summed E-state index contributed by atoms with van der Waals surface area (Å²) >= 11 is 0. The van der Waals surface area contributed by atoms with Gasteiger partial charge >= 0.3 is 5.97 Å². The van der Waals surface area contributed by atoms with Crippen LogP contribution >= 0.6 is 0 Å². The van der Waals surface area contributed by atoms with E-state index in [2.05, 4.69) is 0 Å². The lowest BCUT2D eigenvalue weighted by molar-refractivity contribution is -0.158. The quantitative estimate of drug-likeness (QED) is 0.799. The fourth-order valence-electron chi connectivity index (χ4n) is 2.25. The van der Waals surface area contributed by atoms with Crippen molar-refractivity contribution in [3.63, 3.8) is 0 Å². The van der Waals surface area contributed by atoms with Gasteiger partial charge in [-0.05, 0) is 18.6 Å².